The van der Waals surface area contributed by atoms with Crippen molar-refractivity contribution in [3.8, 4) is 0 Å². The Labute approximate surface area is 127 Å². The van der Waals surface area contributed by atoms with Crippen molar-refractivity contribution < 1.29 is 14.7 Å². The highest BCUT2D eigenvalue weighted by atomic mass is 16.4. The van der Waals surface area contributed by atoms with Crippen LogP contribution in [0.3, 0.4) is 0 Å². The number of nitrogens with one attached hydrogen (secondary N) is 2. The third-order valence-electron chi connectivity index (χ3n) is 4.03. The lowest BCUT2D eigenvalue weighted by Gasteiger charge is -2.17. The Kier molecular flexibility index (Phi) is 8.12. The smallest absolute Gasteiger partial charge is 0.315 e. The van der Waals surface area contributed by atoms with E-state index >= 15 is 0 Å². The van der Waals surface area contributed by atoms with Crippen LogP contribution in [0, 0.1) is 5.92 Å². The third-order valence-corrected chi connectivity index (χ3v) is 4.03. The van der Waals surface area contributed by atoms with Crippen molar-refractivity contribution in [1.82, 2.24) is 15.5 Å². The van der Waals surface area contributed by atoms with Crippen LogP contribution in [0.1, 0.15) is 45.4 Å². The Morgan fingerprint density at radius 3 is 2.67 bits per heavy atom. The Balaban J connectivity index is 2.16. The zero-order chi connectivity index (χ0) is 15.7. The molecular formula is C15H29N3O3. The molecule has 2 atom stereocenters. The van der Waals surface area contributed by atoms with Crippen LogP contribution >= 0.6 is 0 Å². The molecule has 0 radical (unpaired) electrons. The maximum atomic E-state index is 11.8. The summed E-state index contributed by atoms with van der Waals surface area (Å²) in [6.07, 6.45) is 4.82. The number of likely N-dealkylation sites (tertiary alicyclic amines) is 1. The summed E-state index contributed by atoms with van der Waals surface area (Å²) in [6.45, 7) is 4.65. The summed E-state index contributed by atoms with van der Waals surface area (Å²) in [5.41, 5.74) is 0. The second-order valence-corrected chi connectivity index (χ2v) is 6.02. The van der Waals surface area contributed by atoms with Crippen LogP contribution in [0.15, 0.2) is 0 Å². The molecule has 3 N–H and O–H groups in total. The van der Waals surface area contributed by atoms with Gasteiger partial charge in [0, 0.05) is 25.6 Å². The molecule has 2 unspecified atom stereocenters. The molecule has 0 aromatic carbocycles. The highest BCUT2D eigenvalue weighted by molar-refractivity contribution is 5.74. The van der Waals surface area contributed by atoms with Gasteiger partial charge >= 0.3 is 12.0 Å². The second-order valence-electron chi connectivity index (χ2n) is 6.02. The lowest BCUT2D eigenvalue weighted by atomic mass is 9.94. The molecule has 0 aromatic rings. The fourth-order valence-corrected chi connectivity index (χ4v) is 2.85. The number of carboxylic acids is 1. The predicted molar refractivity (Wildman–Crippen MR) is 82.3 cm³/mol. The fourth-order valence-electron chi connectivity index (χ4n) is 2.85. The number of amides is 2. The van der Waals surface area contributed by atoms with E-state index in [4.69, 9.17) is 5.11 Å². The van der Waals surface area contributed by atoms with E-state index < -0.39 is 5.97 Å². The largest absolute Gasteiger partial charge is 0.481 e. The number of likely N-dealkylation sites (N-methyl/N-ethyl adjacent to an activating group) is 1. The third kappa shape index (κ3) is 7.90. The summed E-state index contributed by atoms with van der Waals surface area (Å²) in [7, 11) is 2.05. The number of urea groups is 1. The van der Waals surface area contributed by atoms with E-state index in [0.717, 1.165) is 38.8 Å². The summed E-state index contributed by atoms with van der Waals surface area (Å²) in [6, 6.07) is 0.136. The maximum absolute atomic E-state index is 11.8. The van der Waals surface area contributed by atoms with Crippen molar-refractivity contribution >= 4 is 12.0 Å². The number of nitrogens with zero attached hydrogens (tertiary/aromatic N) is 1. The van der Waals surface area contributed by atoms with Crippen molar-refractivity contribution in [2.24, 2.45) is 5.92 Å². The summed E-state index contributed by atoms with van der Waals surface area (Å²) < 4.78 is 0. The average molecular weight is 299 g/mol. The van der Waals surface area contributed by atoms with Crippen LogP contribution in [0.2, 0.25) is 0 Å². The van der Waals surface area contributed by atoms with Crippen LogP contribution in [0.5, 0.6) is 0 Å². The van der Waals surface area contributed by atoms with Crippen LogP contribution in [-0.2, 0) is 4.79 Å². The van der Waals surface area contributed by atoms with E-state index in [1.165, 1.54) is 0 Å². The van der Waals surface area contributed by atoms with Crippen LogP contribution in [0.25, 0.3) is 0 Å². The molecule has 1 aliphatic rings. The van der Waals surface area contributed by atoms with Gasteiger partial charge in [0.25, 0.3) is 0 Å². The molecule has 0 spiro atoms. The zero-order valence-corrected chi connectivity index (χ0v) is 13.2. The molecule has 0 saturated carbocycles. The Hall–Kier alpha value is -1.30. The molecule has 21 heavy (non-hydrogen) atoms. The van der Waals surface area contributed by atoms with Gasteiger partial charge in [-0.05, 0) is 38.8 Å². The molecule has 0 aromatic heterocycles. The number of rotatable bonds is 9. The SMILES string of the molecule is CCCC(CCNC(=O)NC1CCN(C)C1)CCC(=O)O. The standard InChI is InChI=1S/C15H29N3O3/c1-3-4-12(5-6-14(19)20)7-9-16-15(21)17-13-8-10-18(2)11-13/h12-13H,3-11H2,1-2H3,(H,19,20)(H2,16,17,21). The summed E-state index contributed by atoms with van der Waals surface area (Å²) in [4.78, 5) is 24.6. The van der Waals surface area contributed by atoms with Crippen LogP contribution in [-0.4, -0.2) is 54.7 Å². The van der Waals surface area contributed by atoms with Gasteiger partial charge < -0.3 is 20.6 Å². The number of hydrogen-bond donors (Lipinski definition) is 3. The molecular weight excluding hydrogens is 270 g/mol. The molecule has 1 saturated heterocycles. The normalized spacial score (nSPS) is 20.2. The van der Waals surface area contributed by atoms with Gasteiger partial charge in [-0.15, -0.1) is 0 Å². The lowest BCUT2D eigenvalue weighted by Crippen LogP contribution is -2.43. The first kappa shape index (κ1) is 17.8. The van der Waals surface area contributed by atoms with Gasteiger partial charge in [0.1, 0.15) is 0 Å². The van der Waals surface area contributed by atoms with Crippen LogP contribution < -0.4 is 10.6 Å². The molecule has 1 rings (SSSR count). The van der Waals surface area contributed by atoms with Gasteiger partial charge in [-0.2, -0.15) is 0 Å². The highest BCUT2D eigenvalue weighted by Gasteiger charge is 2.20. The Morgan fingerprint density at radius 1 is 1.33 bits per heavy atom. The monoisotopic (exact) mass is 299 g/mol. The summed E-state index contributed by atoms with van der Waals surface area (Å²) in [5.74, 6) is -0.365. The van der Waals surface area contributed by atoms with E-state index in [2.05, 4.69) is 29.5 Å². The molecule has 0 aliphatic carbocycles. The first-order valence-corrected chi connectivity index (χ1v) is 7.96. The van der Waals surface area contributed by atoms with Gasteiger partial charge in [0.2, 0.25) is 0 Å². The summed E-state index contributed by atoms with van der Waals surface area (Å²) in [5, 5.41) is 14.6. The highest BCUT2D eigenvalue weighted by Crippen LogP contribution is 2.17. The average Bonchev–Trinajstić information content (AvgIpc) is 2.81. The number of hydrogen-bond acceptors (Lipinski definition) is 3. The maximum Gasteiger partial charge on any atom is 0.315 e. The molecule has 1 aliphatic heterocycles. The Morgan fingerprint density at radius 2 is 2.10 bits per heavy atom. The number of carbonyl (C=O) groups excluding carboxylic acids is 1. The van der Waals surface area contributed by atoms with E-state index in [1.54, 1.807) is 0 Å². The topological polar surface area (TPSA) is 81.7 Å². The van der Waals surface area contributed by atoms with Crippen molar-refractivity contribution in [3.63, 3.8) is 0 Å². The van der Waals surface area contributed by atoms with Gasteiger partial charge in [-0.1, -0.05) is 19.8 Å². The number of carbonyl (C=O) groups is 2. The Bertz CT molecular complexity index is 336. The molecule has 6 nitrogen and oxygen atoms in total. The second kappa shape index (κ2) is 9.60. The van der Waals surface area contributed by atoms with E-state index in [-0.39, 0.29) is 18.5 Å². The van der Waals surface area contributed by atoms with Crippen molar-refractivity contribution in [1.29, 1.82) is 0 Å². The van der Waals surface area contributed by atoms with Crippen molar-refractivity contribution in [2.45, 2.75) is 51.5 Å². The van der Waals surface area contributed by atoms with Gasteiger partial charge in [0.05, 0.1) is 0 Å². The number of carboxylic acid groups (broad SMARTS) is 1. The minimum absolute atomic E-state index is 0.108. The molecule has 6 heteroatoms. The molecule has 1 fully saturated rings. The number of aliphatic carboxylic acids is 1. The quantitative estimate of drug-likeness (QED) is 0.605. The van der Waals surface area contributed by atoms with E-state index in [9.17, 15) is 9.59 Å². The van der Waals surface area contributed by atoms with E-state index in [0.29, 0.717) is 18.9 Å². The fraction of sp³-hybridized carbons (Fsp3) is 0.867. The predicted octanol–water partition coefficient (Wildman–Crippen LogP) is 1.66. The minimum Gasteiger partial charge on any atom is -0.481 e. The molecule has 122 valence electrons. The van der Waals surface area contributed by atoms with Gasteiger partial charge in [-0.25, -0.2) is 4.79 Å². The zero-order valence-electron chi connectivity index (χ0n) is 13.2. The summed E-state index contributed by atoms with van der Waals surface area (Å²) >= 11 is 0. The van der Waals surface area contributed by atoms with Crippen LogP contribution in [0.4, 0.5) is 4.79 Å². The van der Waals surface area contributed by atoms with Crippen molar-refractivity contribution in [2.75, 3.05) is 26.7 Å². The van der Waals surface area contributed by atoms with Gasteiger partial charge in [0.15, 0.2) is 0 Å². The first-order chi connectivity index (χ1) is 10.0. The van der Waals surface area contributed by atoms with E-state index in [1.807, 2.05) is 0 Å². The van der Waals surface area contributed by atoms with Gasteiger partial charge in [-0.3, -0.25) is 4.79 Å². The first-order valence-electron chi connectivity index (χ1n) is 7.96. The van der Waals surface area contributed by atoms with Crippen molar-refractivity contribution in [3.05, 3.63) is 0 Å². The minimum atomic E-state index is -0.743. The molecule has 0 bridgehead atoms. The lowest BCUT2D eigenvalue weighted by molar-refractivity contribution is -0.137. The molecule has 2 amide bonds. The molecule has 1 heterocycles.